The van der Waals surface area contributed by atoms with Crippen LogP contribution in [0.4, 0.5) is 5.69 Å². The number of hydrogen-bond acceptors (Lipinski definition) is 5. The van der Waals surface area contributed by atoms with Gasteiger partial charge in [0.05, 0.1) is 0 Å². The molecule has 0 amide bonds. The van der Waals surface area contributed by atoms with Crippen molar-refractivity contribution in [1.82, 2.24) is 9.88 Å². The summed E-state index contributed by atoms with van der Waals surface area (Å²) in [6.07, 6.45) is 1.95. The number of piperazine rings is 1. The van der Waals surface area contributed by atoms with Crippen LogP contribution in [0.5, 0.6) is 10.9 Å². The van der Waals surface area contributed by atoms with Crippen molar-refractivity contribution in [3.63, 3.8) is 0 Å². The van der Waals surface area contributed by atoms with Crippen LogP contribution in [0.25, 0.3) is 0 Å². The summed E-state index contributed by atoms with van der Waals surface area (Å²) in [5.41, 5.74) is 2.77. The van der Waals surface area contributed by atoms with Crippen LogP contribution in [-0.2, 0) is 12.0 Å². The summed E-state index contributed by atoms with van der Waals surface area (Å²) in [5, 5.41) is 0.714. The van der Waals surface area contributed by atoms with Gasteiger partial charge >= 0.3 is 0 Å². The fourth-order valence-electron chi connectivity index (χ4n) is 3.56. The largest absolute Gasteiger partial charge is 0.431 e. The maximum atomic E-state index is 5.97. The van der Waals surface area contributed by atoms with Crippen molar-refractivity contribution in [2.45, 2.75) is 32.7 Å². The number of thiazole rings is 1. The van der Waals surface area contributed by atoms with Crippen LogP contribution in [0.1, 0.15) is 31.2 Å². The number of para-hydroxylation sites is 1. The molecule has 2 aromatic carbocycles. The Labute approximate surface area is 177 Å². The van der Waals surface area contributed by atoms with Crippen molar-refractivity contribution in [2.24, 2.45) is 0 Å². The van der Waals surface area contributed by atoms with Crippen molar-refractivity contribution in [1.29, 1.82) is 0 Å². The summed E-state index contributed by atoms with van der Waals surface area (Å²) in [7, 11) is 0. The van der Waals surface area contributed by atoms with E-state index in [0.29, 0.717) is 5.19 Å². The number of nitrogens with zero attached hydrogens (tertiary/aromatic N) is 3. The SMILES string of the molecule is CC(C)(C)c1ccc(Oc2ncc(CN3CCN(c4ccccc4)CC3)s2)cc1. The van der Waals surface area contributed by atoms with Gasteiger partial charge in [-0.05, 0) is 35.2 Å². The summed E-state index contributed by atoms with van der Waals surface area (Å²) < 4.78 is 5.97. The quantitative estimate of drug-likeness (QED) is 0.554. The lowest BCUT2D eigenvalue weighted by atomic mass is 9.87. The van der Waals surface area contributed by atoms with E-state index in [-0.39, 0.29) is 5.41 Å². The Morgan fingerprint density at radius 2 is 1.62 bits per heavy atom. The van der Waals surface area contributed by atoms with Gasteiger partial charge < -0.3 is 9.64 Å². The third kappa shape index (κ3) is 5.17. The average Bonchev–Trinajstić information content (AvgIpc) is 3.16. The Morgan fingerprint density at radius 3 is 2.28 bits per heavy atom. The highest BCUT2D eigenvalue weighted by Crippen LogP contribution is 2.30. The number of ether oxygens (including phenoxy) is 1. The minimum atomic E-state index is 0.150. The summed E-state index contributed by atoms with van der Waals surface area (Å²) in [5.74, 6) is 0.843. The molecule has 4 nitrogen and oxygen atoms in total. The molecule has 1 aliphatic heterocycles. The van der Waals surface area contributed by atoms with Gasteiger partial charge in [0.2, 0.25) is 0 Å². The van der Waals surface area contributed by atoms with Gasteiger partial charge in [-0.2, -0.15) is 0 Å². The first-order valence-corrected chi connectivity index (χ1v) is 11.0. The van der Waals surface area contributed by atoms with Gasteiger partial charge in [-0.1, -0.05) is 62.4 Å². The second kappa shape index (κ2) is 8.56. The standard InChI is InChI=1S/C24H29N3OS/c1-24(2,3)19-9-11-21(12-10-19)28-23-25-17-22(29-23)18-26-13-15-27(16-14-26)20-7-5-4-6-8-20/h4-12,17H,13-16,18H2,1-3H3. The maximum Gasteiger partial charge on any atom is 0.278 e. The van der Waals surface area contributed by atoms with Crippen molar-refractivity contribution in [3.8, 4) is 10.9 Å². The number of hydrogen-bond donors (Lipinski definition) is 0. The number of anilines is 1. The molecule has 0 spiro atoms. The maximum absolute atomic E-state index is 5.97. The Hall–Kier alpha value is -2.37. The van der Waals surface area contributed by atoms with Gasteiger partial charge in [0.15, 0.2) is 0 Å². The van der Waals surface area contributed by atoms with Crippen LogP contribution < -0.4 is 9.64 Å². The Morgan fingerprint density at radius 1 is 0.931 bits per heavy atom. The van der Waals surface area contributed by atoms with E-state index in [1.807, 2.05) is 18.3 Å². The molecule has 1 aromatic heterocycles. The van der Waals surface area contributed by atoms with Gasteiger partial charge in [-0.3, -0.25) is 4.90 Å². The molecule has 4 rings (SSSR count). The van der Waals surface area contributed by atoms with Crippen molar-refractivity contribution >= 4 is 17.0 Å². The van der Waals surface area contributed by atoms with E-state index in [4.69, 9.17) is 4.74 Å². The minimum absolute atomic E-state index is 0.150. The molecule has 29 heavy (non-hydrogen) atoms. The Bertz CT molecular complexity index is 907. The second-order valence-corrected chi connectivity index (χ2v) is 9.65. The van der Waals surface area contributed by atoms with Crippen LogP contribution in [0.3, 0.4) is 0 Å². The molecule has 152 valence electrons. The molecule has 0 atom stereocenters. The van der Waals surface area contributed by atoms with Crippen LogP contribution in [0.2, 0.25) is 0 Å². The lowest BCUT2D eigenvalue weighted by Gasteiger charge is -2.35. The number of benzene rings is 2. The zero-order valence-electron chi connectivity index (χ0n) is 17.5. The minimum Gasteiger partial charge on any atom is -0.431 e. The van der Waals surface area contributed by atoms with Crippen molar-refractivity contribution in [3.05, 3.63) is 71.2 Å². The summed E-state index contributed by atoms with van der Waals surface area (Å²) in [6, 6.07) is 19.0. The van der Waals surface area contributed by atoms with Gasteiger partial charge in [-0.15, -0.1) is 0 Å². The predicted molar refractivity (Wildman–Crippen MR) is 121 cm³/mol. The van der Waals surface area contributed by atoms with Gasteiger partial charge in [0.1, 0.15) is 5.75 Å². The van der Waals surface area contributed by atoms with Gasteiger partial charge in [0, 0.05) is 49.5 Å². The molecule has 2 heterocycles. The molecule has 3 aromatic rings. The molecule has 0 bridgehead atoms. The third-order valence-corrected chi connectivity index (χ3v) is 6.19. The molecule has 1 fully saturated rings. The fourth-order valence-corrected chi connectivity index (χ4v) is 4.38. The van der Waals surface area contributed by atoms with E-state index < -0.39 is 0 Å². The first kappa shape index (κ1) is 19.9. The highest BCUT2D eigenvalue weighted by molar-refractivity contribution is 7.13. The Kier molecular flexibility index (Phi) is 5.88. The van der Waals surface area contributed by atoms with E-state index in [1.165, 1.54) is 16.1 Å². The monoisotopic (exact) mass is 407 g/mol. The van der Waals surface area contributed by atoms with Gasteiger partial charge in [-0.25, -0.2) is 4.98 Å². The topological polar surface area (TPSA) is 28.6 Å². The van der Waals surface area contributed by atoms with E-state index >= 15 is 0 Å². The molecule has 1 aliphatic rings. The van der Waals surface area contributed by atoms with E-state index in [9.17, 15) is 0 Å². The molecule has 0 radical (unpaired) electrons. The zero-order chi connectivity index (χ0) is 20.3. The lowest BCUT2D eigenvalue weighted by Crippen LogP contribution is -2.45. The molecule has 5 heteroatoms. The summed E-state index contributed by atoms with van der Waals surface area (Å²) in [4.78, 5) is 10.7. The molecule has 0 N–H and O–H groups in total. The first-order chi connectivity index (χ1) is 14.0. The van der Waals surface area contributed by atoms with Crippen LogP contribution in [0.15, 0.2) is 60.8 Å². The molecular weight excluding hydrogens is 378 g/mol. The van der Waals surface area contributed by atoms with Crippen LogP contribution >= 0.6 is 11.3 Å². The number of aromatic nitrogens is 1. The van der Waals surface area contributed by atoms with Crippen molar-refractivity contribution < 1.29 is 4.74 Å². The fraction of sp³-hybridized carbons (Fsp3) is 0.375. The molecule has 1 saturated heterocycles. The van der Waals surface area contributed by atoms with E-state index in [1.54, 1.807) is 11.3 Å². The molecule has 0 unspecified atom stereocenters. The summed E-state index contributed by atoms with van der Waals surface area (Å²) >= 11 is 1.64. The Balaban J connectivity index is 1.30. The normalized spacial score (nSPS) is 15.5. The van der Waals surface area contributed by atoms with Gasteiger partial charge in [0.25, 0.3) is 5.19 Å². The second-order valence-electron chi connectivity index (χ2n) is 8.57. The predicted octanol–water partition coefficient (Wildman–Crippen LogP) is 5.56. The average molecular weight is 408 g/mol. The van der Waals surface area contributed by atoms with Crippen LogP contribution in [-0.4, -0.2) is 36.1 Å². The lowest BCUT2D eigenvalue weighted by molar-refractivity contribution is 0.252. The third-order valence-electron chi connectivity index (χ3n) is 5.33. The number of rotatable bonds is 5. The van der Waals surface area contributed by atoms with Crippen LogP contribution in [0, 0.1) is 0 Å². The smallest absolute Gasteiger partial charge is 0.278 e. The highest BCUT2D eigenvalue weighted by atomic mass is 32.1. The molecular formula is C24H29N3OS. The highest BCUT2D eigenvalue weighted by Gasteiger charge is 2.18. The summed E-state index contributed by atoms with van der Waals surface area (Å²) in [6.45, 7) is 11.8. The zero-order valence-corrected chi connectivity index (χ0v) is 18.3. The van der Waals surface area contributed by atoms with E-state index in [0.717, 1.165) is 38.5 Å². The molecule has 0 aliphatic carbocycles. The van der Waals surface area contributed by atoms with Crippen molar-refractivity contribution in [2.75, 3.05) is 31.1 Å². The van der Waals surface area contributed by atoms with E-state index in [2.05, 4.69) is 78.0 Å². The first-order valence-electron chi connectivity index (χ1n) is 10.2. The molecule has 0 saturated carbocycles.